The first kappa shape index (κ1) is 11.0. The molecule has 1 atom stereocenters. The summed E-state index contributed by atoms with van der Waals surface area (Å²) in [6.45, 7) is 7.99. The number of carbonyl (C=O) groups excluding carboxylic acids is 1. The molecule has 0 radical (unpaired) electrons. The number of ketones is 1. The average molecular weight is 194 g/mol. The summed E-state index contributed by atoms with van der Waals surface area (Å²) >= 11 is 0. The molecule has 0 bridgehead atoms. The van der Waals surface area contributed by atoms with E-state index in [1.54, 1.807) is 6.20 Å². The summed E-state index contributed by atoms with van der Waals surface area (Å²) in [6, 6.07) is -0.0834. The Balaban J connectivity index is 2.94. The SMILES string of the molecule is CCC(=O)C(C)n1ccnc1C(C)C. The highest BCUT2D eigenvalue weighted by Gasteiger charge is 2.17. The van der Waals surface area contributed by atoms with E-state index in [2.05, 4.69) is 18.8 Å². The number of hydrogen-bond acceptors (Lipinski definition) is 2. The van der Waals surface area contributed by atoms with Crippen molar-refractivity contribution in [1.82, 2.24) is 9.55 Å². The largest absolute Gasteiger partial charge is 0.325 e. The van der Waals surface area contributed by atoms with E-state index >= 15 is 0 Å². The van der Waals surface area contributed by atoms with Crippen molar-refractivity contribution in [2.45, 2.75) is 46.1 Å². The zero-order valence-corrected chi connectivity index (χ0v) is 9.32. The maximum absolute atomic E-state index is 11.5. The lowest BCUT2D eigenvalue weighted by Gasteiger charge is -2.16. The van der Waals surface area contributed by atoms with E-state index in [0.717, 1.165) is 5.82 Å². The Morgan fingerprint density at radius 3 is 2.64 bits per heavy atom. The van der Waals surface area contributed by atoms with Crippen molar-refractivity contribution in [3.05, 3.63) is 18.2 Å². The lowest BCUT2D eigenvalue weighted by atomic mass is 10.1. The topological polar surface area (TPSA) is 34.9 Å². The number of rotatable bonds is 4. The molecular weight excluding hydrogens is 176 g/mol. The molecule has 1 unspecified atom stereocenters. The van der Waals surface area contributed by atoms with Crippen molar-refractivity contribution in [2.24, 2.45) is 0 Å². The molecule has 0 saturated carbocycles. The van der Waals surface area contributed by atoms with Crippen LogP contribution in [0.25, 0.3) is 0 Å². The molecule has 0 spiro atoms. The second-order valence-corrected chi connectivity index (χ2v) is 3.84. The van der Waals surface area contributed by atoms with Crippen molar-refractivity contribution in [3.63, 3.8) is 0 Å². The van der Waals surface area contributed by atoms with Gasteiger partial charge in [0.15, 0.2) is 5.78 Å². The van der Waals surface area contributed by atoms with Crippen LogP contribution < -0.4 is 0 Å². The Morgan fingerprint density at radius 2 is 2.14 bits per heavy atom. The minimum Gasteiger partial charge on any atom is -0.325 e. The maximum Gasteiger partial charge on any atom is 0.155 e. The third kappa shape index (κ3) is 2.03. The van der Waals surface area contributed by atoms with E-state index in [0.29, 0.717) is 12.3 Å². The molecule has 14 heavy (non-hydrogen) atoms. The summed E-state index contributed by atoms with van der Waals surface area (Å²) in [4.78, 5) is 15.8. The minimum atomic E-state index is -0.0834. The van der Waals surface area contributed by atoms with Crippen LogP contribution in [0.15, 0.2) is 12.4 Å². The first-order valence-corrected chi connectivity index (χ1v) is 5.13. The van der Waals surface area contributed by atoms with Crippen LogP contribution in [0, 0.1) is 0 Å². The molecule has 1 aromatic rings. The third-order valence-electron chi connectivity index (χ3n) is 2.45. The van der Waals surface area contributed by atoms with Gasteiger partial charge in [-0.1, -0.05) is 20.8 Å². The lowest BCUT2D eigenvalue weighted by molar-refractivity contribution is -0.121. The van der Waals surface area contributed by atoms with Gasteiger partial charge in [0.05, 0.1) is 6.04 Å². The molecule has 78 valence electrons. The second-order valence-electron chi connectivity index (χ2n) is 3.84. The summed E-state index contributed by atoms with van der Waals surface area (Å²) < 4.78 is 1.97. The van der Waals surface area contributed by atoms with Gasteiger partial charge in [0, 0.05) is 24.7 Å². The predicted octanol–water partition coefficient (Wildman–Crippen LogP) is 2.55. The van der Waals surface area contributed by atoms with Gasteiger partial charge in [0.2, 0.25) is 0 Å². The summed E-state index contributed by atoms with van der Waals surface area (Å²) in [5.41, 5.74) is 0. The number of aromatic nitrogens is 2. The monoisotopic (exact) mass is 194 g/mol. The first-order chi connectivity index (χ1) is 6.57. The highest BCUT2D eigenvalue weighted by atomic mass is 16.1. The number of Topliss-reactive ketones (excluding diaryl/α,β-unsaturated/α-hetero) is 1. The standard InChI is InChI=1S/C11H18N2O/c1-5-10(14)9(4)13-7-6-12-11(13)8(2)3/h6-9H,5H2,1-4H3. The normalized spacial score (nSPS) is 13.2. The molecule has 0 N–H and O–H groups in total. The molecule has 0 aliphatic rings. The fourth-order valence-corrected chi connectivity index (χ4v) is 1.55. The number of carbonyl (C=O) groups is 1. The highest BCUT2D eigenvalue weighted by molar-refractivity contribution is 5.81. The van der Waals surface area contributed by atoms with Gasteiger partial charge in [-0.15, -0.1) is 0 Å². The fraction of sp³-hybridized carbons (Fsp3) is 0.636. The van der Waals surface area contributed by atoms with Crippen molar-refractivity contribution in [3.8, 4) is 0 Å². The molecule has 0 saturated heterocycles. The van der Waals surface area contributed by atoms with Crippen molar-refractivity contribution in [1.29, 1.82) is 0 Å². The Morgan fingerprint density at radius 1 is 1.50 bits per heavy atom. The minimum absolute atomic E-state index is 0.0834. The maximum atomic E-state index is 11.5. The van der Waals surface area contributed by atoms with Crippen LogP contribution in [0.3, 0.4) is 0 Å². The molecule has 1 aromatic heterocycles. The van der Waals surface area contributed by atoms with Crippen LogP contribution in [-0.4, -0.2) is 15.3 Å². The van der Waals surface area contributed by atoms with E-state index in [1.165, 1.54) is 0 Å². The fourth-order valence-electron chi connectivity index (χ4n) is 1.55. The molecule has 3 nitrogen and oxygen atoms in total. The van der Waals surface area contributed by atoms with Gasteiger partial charge in [-0.05, 0) is 6.92 Å². The molecule has 1 heterocycles. The summed E-state index contributed by atoms with van der Waals surface area (Å²) in [6.07, 6.45) is 4.22. The van der Waals surface area contributed by atoms with E-state index in [9.17, 15) is 4.79 Å². The summed E-state index contributed by atoms with van der Waals surface area (Å²) in [7, 11) is 0. The van der Waals surface area contributed by atoms with Gasteiger partial charge in [0.25, 0.3) is 0 Å². The van der Waals surface area contributed by atoms with Crippen molar-refractivity contribution >= 4 is 5.78 Å². The van der Waals surface area contributed by atoms with Crippen LogP contribution in [0.1, 0.15) is 51.9 Å². The molecule has 0 amide bonds. The zero-order chi connectivity index (χ0) is 10.7. The zero-order valence-electron chi connectivity index (χ0n) is 9.32. The number of hydrogen-bond donors (Lipinski definition) is 0. The van der Waals surface area contributed by atoms with Crippen LogP contribution in [0.5, 0.6) is 0 Å². The smallest absolute Gasteiger partial charge is 0.155 e. The molecule has 0 fully saturated rings. The Kier molecular flexibility index (Phi) is 3.44. The van der Waals surface area contributed by atoms with E-state index in [4.69, 9.17) is 0 Å². The average Bonchev–Trinajstić information content (AvgIpc) is 2.63. The number of imidazole rings is 1. The van der Waals surface area contributed by atoms with E-state index < -0.39 is 0 Å². The van der Waals surface area contributed by atoms with Gasteiger partial charge in [-0.25, -0.2) is 4.98 Å². The van der Waals surface area contributed by atoms with Gasteiger partial charge >= 0.3 is 0 Å². The summed E-state index contributed by atoms with van der Waals surface area (Å²) in [5, 5.41) is 0. The van der Waals surface area contributed by atoms with Crippen molar-refractivity contribution < 1.29 is 4.79 Å². The first-order valence-electron chi connectivity index (χ1n) is 5.13. The van der Waals surface area contributed by atoms with Crippen molar-refractivity contribution in [2.75, 3.05) is 0 Å². The third-order valence-corrected chi connectivity index (χ3v) is 2.45. The molecular formula is C11H18N2O. The van der Waals surface area contributed by atoms with E-state index in [1.807, 2.05) is 24.6 Å². The van der Waals surface area contributed by atoms with Gasteiger partial charge in [-0.3, -0.25) is 4.79 Å². The van der Waals surface area contributed by atoms with Crippen LogP contribution in [0.4, 0.5) is 0 Å². The van der Waals surface area contributed by atoms with Gasteiger partial charge in [0.1, 0.15) is 5.82 Å². The molecule has 0 aliphatic carbocycles. The number of nitrogens with zero attached hydrogens (tertiary/aromatic N) is 2. The Labute approximate surface area is 85.2 Å². The predicted molar refractivity (Wildman–Crippen MR) is 56.3 cm³/mol. The Bertz CT molecular complexity index is 315. The molecule has 0 aliphatic heterocycles. The second kappa shape index (κ2) is 4.40. The Hall–Kier alpha value is -1.12. The lowest BCUT2D eigenvalue weighted by Crippen LogP contribution is -2.17. The highest BCUT2D eigenvalue weighted by Crippen LogP contribution is 2.18. The molecule has 0 aromatic carbocycles. The summed E-state index contributed by atoms with van der Waals surface area (Å²) in [5.74, 6) is 1.60. The van der Waals surface area contributed by atoms with Crippen LogP contribution in [-0.2, 0) is 4.79 Å². The van der Waals surface area contributed by atoms with Gasteiger partial charge < -0.3 is 4.57 Å². The van der Waals surface area contributed by atoms with Crippen LogP contribution in [0.2, 0.25) is 0 Å². The quantitative estimate of drug-likeness (QED) is 0.738. The van der Waals surface area contributed by atoms with Crippen LogP contribution >= 0.6 is 0 Å². The molecule has 1 rings (SSSR count). The molecule has 3 heteroatoms. The van der Waals surface area contributed by atoms with Gasteiger partial charge in [-0.2, -0.15) is 0 Å². The van der Waals surface area contributed by atoms with E-state index in [-0.39, 0.29) is 11.8 Å².